The second kappa shape index (κ2) is 8.05. The van der Waals surface area contributed by atoms with Gasteiger partial charge in [-0.15, -0.1) is 0 Å². The van der Waals surface area contributed by atoms with Crippen molar-refractivity contribution in [2.75, 3.05) is 51.4 Å². The van der Waals surface area contributed by atoms with E-state index in [-0.39, 0.29) is 11.8 Å². The number of likely N-dealkylation sites (tertiary alicyclic amines) is 1. The molecule has 1 aromatic heterocycles. The van der Waals surface area contributed by atoms with Gasteiger partial charge < -0.3 is 19.7 Å². The molecule has 3 atom stereocenters. The monoisotopic (exact) mass is 333 g/mol. The van der Waals surface area contributed by atoms with Crippen molar-refractivity contribution in [2.24, 2.45) is 17.8 Å². The van der Waals surface area contributed by atoms with Gasteiger partial charge >= 0.3 is 0 Å². The molecule has 2 aliphatic heterocycles. The number of nitrogens with one attached hydrogen (secondary N) is 1. The van der Waals surface area contributed by atoms with Gasteiger partial charge in [-0.3, -0.25) is 9.78 Å². The van der Waals surface area contributed by atoms with Gasteiger partial charge in [-0.2, -0.15) is 0 Å². The zero-order valence-corrected chi connectivity index (χ0v) is 14.5. The number of hydrogen-bond acceptors (Lipinski definition) is 5. The molecule has 6 nitrogen and oxygen atoms in total. The lowest BCUT2D eigenvalue weighted by Gasteiger charge is -2.32. The van der Waals surface area contributed by atoms with Gasteiger partial charge in [-0.1, -0.05) is 0 Å². The quantitative estimate of drug-likeness (QED) is 0.801. The van der Waals surface area contributed by atoms with E-state index in [1.807, 2.05) is 26.0 Å². The topological polar surface area (TPSA) is 63.7 Å². The molecule has 0 bridgehead atoms. The molecule has 0 spiro atoms. The van der Waals surface area contributed by atoms with Gasteiger partial charge in [0.15, 0.2) is 0 Å². The van der Waals surface area contributed by atoms with Crippen molar-refractivity contribution in [3.05, 3.63) is 24.0 Å². The van der Waals surface area contributed by atoms with E-state index in [2.05, 4.69) is 15.2 Å². The van der Waals surface area contributed by atoms with Crippen LogP contribution in [0.1, 0.15) is 12.6 Å². The van der Waals surface area contributed by atoms with Crippen molar-refractivity contribution >= 4 is 11.6 Å². The Hall–Kier alpha value is -1.50. The number of nitrogens with zero attached hydrogens (tertiary/aromatic N) is 2. The zero-order valence-electron chi connectivity index (χ0n) is 14.5. The number of hydrogen-bond donors (Lipinski definition) is 1. The van der Waals surface area contributed by atoms with Crippen molar-refractivity contribution in [1.29, 1.82) is 0 Å². The molecule has 1 aromatic rings. The standard InChI is InChI=1S/C18H27N3O3/c1-3-23-8-7-21-9-14-11-24-12-16(15(14)10-21)18(22)20-17-5-4-6-19-13(17)2/h4-6,14-16H,3,7-12H2,1-2H3,(H,20,22)/t14-,15-,16-/m1/s1. The van der Waals surface area contributed by atoms with Crippen molar-refractivity contribution in [1.82, 2.24) is 9.88 Å². The third-order valence-corrected chi connectivity index (χ3v) is 5.07. The molecule has 24 heavy (non-hydrogen) atoms. The third kappa shape index (κ3) is 3.94. The summed E-state index contributed by atoms with van der Waals surface area (Å²) in [6.45, 7) is 9.55. The summed E-state index contributed by atoms with van der Waals surface area (Å²) in [7, 11) is 0. The molecule has 0 unspecified atom stereocenters. The summed E-state index contributed by atoms with van der Waals surface area (Å²) >= 11 is 0. The van der Waals surface area contributed by atoms with Crippen LogP contribution in [0, 0.1) is 24.7 Å². The Balaban J connectivity index is 1.61. The van der Waals surface area contributed by atoms with Gasteiger partial charge in [-0.25, -0.2) is 0 Å². The predicted molar refractivity (Wildman–Crippen MR) is 91.8 cm³/mol. The number of rotatable bonds is 6. The van der Waals surface area contributed by atoms with E-state index in [9.17, 15) is 4.79 Å². The number of carbonyl (C=O) groups is 1. The third-order valence-electron chi connectivity index (χ3n) is 5.07. The molecule has 0 aliphatic carbocycles. The zero-order chi connectivity index (χ0) is 16.9. The first-order valence-electron chi connectivity index (χ1n) is 8.79. The minimum absolute atomic E-state index is 0.0486. The van der Waals surface area contributed by atoms with Gasteiger partial charge in [0.25, 0.3) is 0 Å². The summed E-state index contributed by atoms with van der Waals surface area (Å²) < 4.78 is 11.2. The SMILES string of the molecule is CCOCCN1C[C@@H]2COC[C@@H](C(=O)Nc3cccnc3C)[C@@H]2C1. The van der Waals surface area contributed by atoms with Crippen LogP contribution in [0.15, 0.2) is 18.3 Å². The Morgan fingerprint density at radius 1 is 1.46 bits per heavy atom. The van der Waals surface area contributed by atoms with Crippen LogP contribution in [0.3, 0.4) is 0 Å². The van der Waals surface area contributed by atoms with E-state index in [1.54, 1.807) is 6.20 Å². The summed E-state index contributed by atoms with van der Waals surface area (Å²) in [6.07, 6.45) is 1.73. The summed E-state index contributed by atoms with van der Waals surface area (Å²) in [5.41, 5.74) is 1.62. The number of anilines is 1. The van der Waals surface area contributed by atoms with Crippen molar-refractivity contribution in [3.8, 4) is 0 Å². The summed E-state index contributed by atoms with van der Waals surface area (Å²) in [6, 6.07) is 3.73. The second-order valence-electron chi connectivity index (χ2n) is 6.65. The van der Waals surface area contributed by atoms with Crippen molar-refractivity contribution < 1.29 is 14.3 Å². The molecule has 0 aromatic carbocycles. The Kier molecular flexibility index (Phi) is 5.81. The molecule has 6 heteroatoms. The summed E-state index contributed by atoms with van der Waals surface area (Å²) in [5, 5.41) is 3.04. The first-order valence-corrected chi connectivity index (χ1v) is 8.79. The molecule has 2 saturated heterocycles. The van der Waals surface area contributed by atoms with Gasteiger partial charge in [0.2, 0.25) is 5.91 Å². The fourth-order valence-electron chi connectivity index (χ4n) is 3.72. The number of pyridine rings is 1. The van der Waals surface area contributed by atoms with Gasteiger partial charge in [0.05, 0.1) is 37.1 Å². The molecule has 1 N–H and O–H groups in total. The molecular formula is C18H27N3O3. The van der Waals surface area contributed by atoms with Crippen molar-refractivity contribution in [3.63, 3.8) is 0 Å². The van der Waals surface area contributed by atoms with Crippen molar-refractivity contribution in [2.45, 2.75) is 13.8 Å². The highest BCUT2D eigenvalue weighted by molar-refractivity contribution is 5.93. The molecule has 3 rings (SSSR count). The fourth-order valence-corrected chi connectivity index (χ4v) is 3.72. The van der Waals surface area contributed by atoms with E-state index in [0.29, 0.717) is 18.4 Å². The van der Waals surface area contributed by atoms with Gasteiger partial charge in [0, 0.05) is 32.4 Å². The van der Waals surface area contributed by atoms with Crippen LogP contribution in [-0.2, 0) is 14.3 Å². The minimum Gasteiger partial charge on any atom is -0.380 e. The first kappa shape index (κ1) is 17.3. The fraction of sp³-hybridized carbons (Fsp3) is 0.667. The number of ether oxygens (including phenoxy) is 2. The normalized spacial score (nSPS) is 27.0. The molecular weight excluding hydrogens is 306 g/mol. The molecule has 1 amide bonds. The number of aromatic nitrogens is 1. The number of carbonyl (C=O) groups excluding carboxylic acids is 1. The van der Waals surface area contributed by atoms with Crippen LogP contribution in [0.4, 0.5) is 5.69 Å². The van der Waals surface area contributed by atoms with Crippen LogP contribution in [0.2, 0.25) is 0 Å². The second-order valence-corrected chi connectivity index (χ2v) is 6.65. The van der Waals surface area contributed by atoms with Crippen LogP contribution >= 0.6 is 0 Å². The Bertz CT molecular complexity index is 566. The molecule has 2 fully saturated rings. The Labute approximate surface area is 143 Å². The first-order chi connectivity index (χ1) is 11.7. The van der Waals surface area contributed by atoms with Crippen LogP contribution < -0.4 is 5.32 Å². The van der Waals surface area contributed by atoms with Crippen LogP contribution in [-0.4, -0.2) is 61.9 Å². The van der Waals surface area contributed by atoms with Crippen LogP contribution in [0.5, 0.6) is 0 Å². The molecule has 0 saturated carbocycles. The average Bonchev–Trinajstić information content (AvgIpc) is 3.00. The molecule has 2 aliphatic rings. The van der Waals surface area contributed by atoms with Crippen LogP contribution in [0.25, 0.3) is 0 Å². The highest BCUT2D eigenvalue weighted by atomic mass is 16.5. The number of amides is 1. The van der Waals surface area contributed by atoms with E-state index < -0.39 is 0 Å². The van der Waals surface area contributed by atoms with E-state index in [0.717, 1.165) is 50.8 Å². The number of fused-ring (bicyclic) bond motifs is 1. The maximum Gasteiger partial charge on any atom is 0.230 e. The molecule has 3 heterocycles. The van der Waals surface area contributed by atoms with E-state index >= 15 is 0 Å². The highest BCUT2D eigenvalue weighted by Crippen LogP contribution is 2.34. The molecule has 132 valence electrons. The minimum atomic E-state index is -0.0968. The maximum absolute atomic E-state index is 12.8. The lowest BCUT2D eigenvalue weighted by Crippen LogP contribution is -2.42. The maximum atomic E-state index is 12.8. The lowest BCUT2D eigenvalue weighted by atomic mass is 9.82. The Morgan fingerprint density at radius 2 is 2.33 bits per heavy atom. The molecule has 0 radical (unpaired) electrons. The highest BCUT2D eigenvalue weighted by Gasteiger charge is 2.43. The summed E-state index contributed by atoms with van der Waals surface area (Å²) in [5.74, 6) is 0.747. The predicted octanol–water partition coefficient (Wildman–Crippen LogP) is 1.56. The lowest BCUT2D eigenvalue weighted by molar-refractivity contribution is -0.128. The smallest absolute Gasteiger partial charge is 0.230 e. The average molecular weight is 333 g/mol. The largest absolute Gasteiger partial charge is 0.380 e. The van der Waals surface area contributed by atoms with Gasteiger partial charge in [-0.05, 0) is 37.8 Å². The van der Waals surface area contributed by atoms with E-state index in [1.165, 1.54) is 0 Å². The van der Waals surface area contributed by atoms with E-state index in [4.69, 9.17) is 9.47 Å². The summed E-state index contributed by atoms with van der Waals surface area (Å²) in [4.78, 5) is 19.4. The van der Waals surface area contributed by atoms with Gasteiger partial charge in [0.1, 0.15) is 0 Å². The Morgan fingerprint density at radius 3 is 3.12 bits per heavy atom. The number of aryl methyl sites for hydroxylation is 1.